The second-order valence-corrected chi connectivity index (χ2v) is 6.15. The van der Waals surface area contributed by atoms with Crippen molar-refractivity contribution in [1.82, 2.24) is 9.97 Å². The van der Waals surface area contributed by atoms with Crippen molar-refractivity contribution in [3.05, 3.63) is 100 Å². The highest BCUT2D eigenvalue weighted by Gasteiger charge is 2.28. The lowest BCUT2D eigenvalue weighted by molar-refractivity contribution is -0.481. The summed E-state index contributed by atoms with van der Waals surface area (Å²) in [6.07, 6.45) is 1.68. The minimum atomic E-state index is -0.433. The van der Waals surface area contributed by atoms with Crippen LogP contribution in [-0.2, 0) is 0 Å². The molecule has 2 aromatic heterocycles. The van der Waals surface area contributed by atoms with E-state index in [-0.39, 0.29) is 25.0 Å². The number of hydrogen-bond acceptors (Lipinski definition) is 3. The van der Waals surface area contributed by atoms with E-state index in [9.17, 15) is 10.1 Å². The number of para-hydroxylation sites is 1. The van der Waals surface area contributed by atoms with Crippen LogP contribution in [-0.4, -0.2) is 21.4 Å². The van der Waals surface area contributed by atoms with Crippen LogP contribution in [0.5, 0.6) is 0 Å². The quantitative estimate of drug-likeness (QED) is 0.403. The second kappa shape index (κ2) is 8.05. The van der Waals surface area contributed by atoms with Gasteiger partial charge in [0.05, 0.1) is 17.3 Å². The average molecular weight is 377 g/mol. The molecule has 4 rings (SSSR count). The number of pyridine rings is 1. The second-order valence-electron chi connectivity index (χ2n) is 6.15. The molecule has 0 aliphatic heterocycles. The minimum absolute atomic E-state index is 0. The highest BCUT2D eigenvalue weighted by molar-refractivity contribution is 7.59. The van der Waals surface area contributed by atoms with Crippen molar-refractivity contribution < 1.29 is 4.92 Å². The Hall–Kier alpha value is -3.12. The predicted octanol–water partition coefficient (Wildman–Crippen LogP) is 4.75. The van der Waals surface area contributed by atoms with Gasteiger partial charge in [0.2, 0.25) is 6.54 Å². The SMILES string of the molecule is O=[N+]([O-])C[C@@H](c1ccccn1)c1c(-c2ccccc2)[nH]c2ccccc12.S. The van der Waals surface area contributed by atoms with E-state index >= 15 is 0 Å². The van der Waals surface area contributed by atoms with Gasteiger partial charge >= 0.3 is 0 Å². The molecule has 2 aromatic carbocycles. The van der Waals surface area contributed by atoms with Crippen molar-refractivity contribution in [2.75, 3.05) is 6.54 Å². The van der Waals surface area contributed by atoms with E-state index in [1.54, 1.807) is 6.20 Å². The largest absolute Gasteiger partial charge is 0.354 e. The van der Waals surface area contributed by atoms with Gasteiger partial charge in [0.1, 0.15) is 0 Å². The van der Waals surface area contributed by atoms with Gasteiger partial charge in [-0.25, -0.2) is 0 Å². The minimum Gasteiger partial charge on any atom is -0.354 e. The van der Waals surface area contributed by atoms with Crippen LogP contribution in [0.1, 0.15) is 17.2 Å². The highest BCUT2D eigenvalue weighted by Crippen LogP contribution is 2.38. The normalized spacial score (nSPS) is 11.7. The molecule has 2 heterocycles. The molecule has 0 saturated heterocycles. The number of H-pyrrole nitrogens is 1. The monoisotopic (exact) mass is 377 g/mol. The molecular formula is C21H19N3O2S. The van der Waals surface area contributed by atoms with Gasteiger partial charge in [-0.3, -0.25) is 15.1 Å². The maximum atomic E-state index is 11.4. The Morgan fingerprint density at radius 3 is 2.37 bits per heavy atom. The van der Waals surface area contributed by atoms with Gasteiger partial charge in [-0.2, -0.15) is 13.5 Å². The molecule has 0 aliphatic carbocycles. The maximum Gasteiger partial charge on any atom is 0.216 e. The van der Waals surface area contributed by atoms with Gasteiger partial charge in [0.25, 0.3) is 0 Å². The summed E-state index contributed by atoms with van der Waals surface area (Å²) < 4.78 is 0. The lowest BCUT2D eigenvalue weighted by Crippen LogP contribution is -2.15. The molecule has 0 radical (unpaired) electrons. The number of benzene rings is 2. The summed E-state index contributed by atoms with van der Waals surface area (Å²) in [5.41, 5.74) is 4.49. The predicted molar refractivity (Wildman–Crippen MR) is 112 cm³/mol. The average Bonchev–Trinajstić information content (AvgIpc) is 3.07. The standard InChI is InChI=1S/C21H17N3O2.H2S/c25-24(26)14-17(18-11-6-7-13-22-18)20-16-10-4-5-12-19(16)23-21(20)15-8-2-1-3-9-15;/h1-13,17,23H,14H2;1H2/t17-;/m0./s1. The molecule has 27 heavy (non-hydrogen) atoms. The zero-order valence-corrected chi connectivity index (χ0v) is 15.5. The van der Waals surface area contributed by atoms with Crippen LogP contribution in [0.4, 0.5) is 0 Å². The molecule has 0 amide bonds. The number of nitrogens with one attached hydrogen (secondary N) is 1. The van der Waals surface area contributed by atoms with Crippen LogP contribution in [0.3, 0.4) is 0 Å². The first-order chi connectivity index (χ1) is 12.7. The Balaban J connectivity index is 0.00000210. The van der Waals surface area contributed by atoms with Crippen LogP contribution in [0, 0.1) is 10.1 Å². The van der Waals surface area contributed by atoms with Crippen molar-refractivity contribution in [1.29, 1.82) is 0 Å². The number of rotatable bonds is 5. The van der Waals surface area contributed by atoms with Crippen molar-refractivity contribution in [3.63, 3.8) is 0 Å². The molecule has 6 heteroatoms. The summed E-state index contributed by atoms with van der Waals surface area (Å²) in [6.45, 7) is -0.210. The third-order valence-corrected chi connectivity index (χ3v) is 4.53. The molecule has 0 aliphatic rings. The van der Waals surface area contributed by atoms with Gasteiger partial charge in [-0.1, -0.05) is 54.6 Å². The smallest absolute Gasteiger partial charge is 0.216 e. The van der Waals surface area contributed by atoms with Crippen molar-refractivity contribution in [2.24, 2.45) is 0 Å². The summed E-state index contributed by atoms with van der Waals surface area (Å²) in [7, 11) is 0. The van der Waals surface area contributed by atoms with E-state index < -0.39 is 5.92 Å². The van der Waals surface area contributed by atoms with Crippen molar-refractivity contribution >= 4 is 24.4 Å². The fraction of sp³-hybridized carbons (Fsp3) is 0.0952. The van der Waals surface area contributed by atoms with E-state index in [0.717, 1.165) is 27.7 Å². The molecule has 0 fully saturated rings. The number of fused-ring (bicyclic) bond motifs is 1. The van der Waals surface area contributed by atoms with E-state index in [4.69, 9.17) is 0 Å². The zero-order chi connectivity index (χ0) is 17.9. The molecule has 1 atom stereocenters. The zero-order valence-electron chi connectivity index (χ0n) is 14.5. The molecule has 0 spiro atoms. The van der Waals surface area contributed by atoms with Crippen molar-refractivity contribution in [2.45, 2.75) is 5.92 Å². The van der Waals surface area contributed by atoms with Crippen LogP contribution < -0.4 is 0 Å². The summed E-state index contributed by atoms with van der Waals surface area (Å²) in [5, 5.41) is 12.4. The molecule has 0 saturated carbocycles. The first-order valence-electron chi connectivity index (χ1n) is 8.43. The molecule has 5 nitrogen and oxygen atoms in total. The first kappa shape index (κ1) is 18.7. The van der Waals surface area contributed by atoms with Crippen molar-refractivity contribution in [3.8, 4) is 11.3 Å². The third-order valence-electron chi connectivity index (χ3n) is 4.53. The first-order valence-corrected chi connectivity index (χ1v) is 8.43. The van der Waals surface area contributed by atoms with Gasteiger partial charge in [0.15, 0.2) is 0 Å². The van der Waals surface area contributed by atoms with Crippen LogP contribution in [0.2, 0.25) is 0 Å². The summed E-state index contributed by atoms with van der Waals surface area (Å²) >= 11 is 0. The lowest BCUT2D eigenvalue weighted by Gasteiger charge is -2.15. The molecule has 1 N–H and O–H groups in total. The van der Waals surface area contributed by atoms with E-state index in [1.807, 2.05) is 72.8 Å². The van der Waals surface area contributed by atoms with Gasteiger partial charge in [-0.05, 0) is 23.8 Å². The molecule has 0 unspecified atom stereocenters. The van der Waals surface area contributed by atoms with Crippen LogP contribution in [0.25, 0.3) is 22.2 Å². The Morgan fingerprint density at radius 1 is 0.963 bits per heavy atom. The van der Waals surface area contributed by atoms with E-state index in [0.29, 0.717) is 5.69 Å². The number of nitro groups is 1. The number of hydrogen-bond donors (Lipinski definition) is 1. The number of aromatic nitrogens is 2. The fourth-order valence-corrected chi connectivity index (χ4v) is 3.42. The van der Waals surface area contributed by atoms with Crippen LogP contribution >= 0.6 is 13.5 Å². The topological polar surface area (TPSA) is 71.8 Å². The third kappa shape index (κ3) is 3.71. The number of nitrogens with zero attached hydrogens (tertiary/aromatic N) is 2. The molecule has 136 valence electrons. The molecule has 0 bridgehead atoms. The Kier molecular flexibility index (Phi) is 5.57. The van der Waals surface area contributed by atoms with Gasteiger partial charge in [-0.15, -0.1) is 0 Å². The van der Waals surface area contributed by atoms with Crippen LogP contribution in [0.15, 0.2) is 79.0 Å². The molecular weight excluding hydrogens is 358 g/mol. The highest BCUT2D eigenvalue weighted by atomic mass is 32.1. The Morgan fingerprint density at radius 2 is 1.67 bits per heavy atom. The number of aromatic amines is 1. The fourth-order valence-electron chi connectivity index (χ4n) is 3.42. The molecule has 4 aromatic rings. The van der Waals surface area contributed by atoms with E-state index in [1.165, 1.54) is 0 Å². The summed E-state index contributed by atoms with van der Waals surface area (Å²) in [5.74, 6) is -0.433. The van der Waals surface area contributed by atoms with E-state index in [2.05, 4.69) is 9.97 Å². The van der Waals surface area contributed by atoms with Gasteiger partial charge in [0, 0.05) is 27.6 Å². The van der Waals surface area contributed by atoms with Gasteiger partial charge < -0.3 is 4.98 Å². The lowest BCUT2D eigenvalue weighted by atomic mass is 9.90. The maximum absolute atomic E-state index is 11.4. The Labute approximate surface area is 163 Å². The summed E-state index contributed by atoms with van der Waals surface area (Å²) in [6, 6.07) is 23.4. The summed E-state index contributed by atoms with van der Waals surface area (Å²) in [4.78, 5) is 19.0. The Bertz CT molecular complexity index is 1050.